The molecule has 6 rings (SSSR count). The van der Waals surface area contributed by atoms with Gasteiger partial charge in [0.25, 0.3) is 0 Å². The van der Waals surface area contributed by atoms with E-state index in [1.165, 1.54) is 6.08 Å². The summed E-state index contributed by atoms with van der Waals surface area (Å²) in [5.41, 5.74) is 11.0. The molecule has 0 radical (unpaired) electrons. The standard InChI is InChI=1S/C35H41N7O6/c1-39-17-24-14-27-28(31(45)4-3-29(27)38-34(24)30(39)15-23-16-33(46)48-21-25(23)19-43)18-40-10-12-42(13-11-40)35(47)22-6-8-41(9-7-22)32(37)5-2-26(36)20-44/h2-5,14-15,19-20,22,37,44-45H,6-13,16-18,21,36H2,1H3/b5-2-,26-20+,30-15-,37-32?. The Balaban J connectivity index is 1.10. The van der Waals surface area contributed by atoms with Gasteiger partial charge >= 0.3 is 5.97 Å². The Bertz CT molecular complexity index is 1760. The van der Waals surface area contributed by atoms with Crippen LogP contribution < -0.4 is 5.73 Å². The topological polar surface area (TPSA) is 177 Å². The molecule has 5 heterocycles. The third kappa shape index (κ3) is 6.77. The Morgan fingerprint density at radius 1 is 1.10 bits per heavy atom. The van der Waals surface area contributed by atoms with Crippen LogP contribution in [-0.4, -0.2) is 112 Å². The Morgan fingerprint density at radius 3 is 2.56 bits per heavy atom. The summed E-state index contributed by atoms with van der Waals surface area (Å²) in [5, 5.41) is 29.0. The van der Waals surface area contributed by atoms with Crippen LogP contribution in [0, 0.1) is 11.3 Å². The van der Waals surface area contributed by atoms with Crippen LogP contribution in [0.1, 0.15) is 36.1 Å². The molecule has 1 aromatic carbocycles. The minimum Gasteiger partial charge on any atom is -0.513 e. The van der Waals surface area contributed by atoms with Gasteiger partial charge in [-0.3, -0.25) is 24.7 Å². The molecule has 0 aliphatic carbocycles. The number of amides is 1. The van der Waals surface area contributed by atoms with E-state index in [-0.39, 0.29) is 42.3 Å². The van der Waals surface area contributed by atoms with Gasteiger partial charge < -0.3 is 35.4 Å². The van der Waals surface area contributed by atoms with Crippen LogP contribution in [-0.2, 0) is 32.2 Å². The van der Waals surface area contributed by atoms with E-state index in [4.69, 9.17) is 26.0 Å². The van der Waals surface area contributed by atoms with E-state index >= 15 is 0 Å². The maximum Gasteiger partial charge on any atom is 0.310 e. The molecule has 4 aliphatic heterocycles. The number of piperazine rings is 1. The third-order valence-electron chi connectivity index (χ3n) is 9.65. The number of aliphatic hydroxyl groups excluding tert-OH is 1. The normalized spacial score (nSPS) is 20.6. The van der Waals surface area contributed by atoms with Gasteiger partial charge in [-0.1, -0.05) is 0 Å². The van der Waals surface area contributed by atoms with E-state index in [1.54, 1.807) is 18.2 Å². The van der Waals surface area contributed by atoms with E-state index < -0.39 is 0 Å². The van der Waals surface area contributed by atoms with Crippen LogP contribution in [0.4, 0.5) is 0 Å². The number of hydrogen-bond donors (Lipinski definition) is 4. The van der Waals surface area contributed by atoms with Gasteiger partial charge in [-0.15, -0.1) is 0 Å². The van der Waals surface area contributed by atoms with Crippen molar-refractivity contribution in [1.29, 1.82) is 5.41 Å². The Morgan fingerprint density at radius 2 is 1.85 bits per heavy atom. The summed E-state index contributed by atoms with van der Waals surface area (Å²) < 4.78 is 5.03. The number of phenols is 1. The summed E-state index contributed by atoms with van der Waals surface area (Å²) in [4.78, 5) is 50.1. The lowest BCUT2D eigenvalue weighted by Crippen LogP contribution is -2.51. The van der Waals surface area contributed by atoms with Crippen molar-refractivity contribution in [2.75, 3.05) is 52.9 Å². The molecule has 5 N–H and O–H groups in total. The minimum absolute atomic E-state index is 0.0277. The molecule has 0 spiro atoms. The van der Waals surface area contributed by atoms with Crippen molar-refractivity contribution in [2.24, 2.45) is 11.7 Å². The fraction of sp³-hybridized carbons (Fsp3) is 0.400. The van der Waals surface area contributed by atoms with Gasteiger partial charge in [-0.05, 0) is 60.4 Å². The van der Waals surface area contributed by atoms with Crippen LogP contribution >= 0.6 is 0 Å². The Hall–Kier alpha value is -5.17. The molecule has 1 amide bonds. The molecule has 2 aromatic rings. The number of nitrogens with two attached hydrogens (primary N) is 1. The number of fused-ring (bicyclic) bond motifs is 2. The molecule has 4 aliphatic rings. The number of ether oxygens (including phenoxy) is 1. The number of rotatable bonds is 7. The fourth-order valence-electron chi connectivity index (χ4n) is 6.83. The lowest BCUT2D eigenvalue weighted by molar-refractivity contribution is -0.143. The molecule has 13 nitrogen and oxygen atoms in total. The maximum atomic E-state index is 13.4. The largest absolute Gasteiger partial charge is 0.513 e. The number of nitrogens with one attached hydrogen (secondary N) is 1. The molecule has 252 valence electrons. The van der Waals surface area contributed by atoms with E-state index in [0.29, 0.717) is 82.2 Å². The molecule has 0 atom stereocenters. The van der Waals surface area contributed by atoms with Gasteiger partial charge in [0.15, 0.2) is 0 Å². The second-order valence-electron chi connectivity index (χ2n) is 12.7. The number of phenolic OH excluding ortho intramolecular Hbond substituents is 1. The zero-order valence-corrected chi connectivity index (χ0v) is 27.0. The first kappa shape index (κ1) is 32.8. The highest BCUT2D eigenvalue weighted by molar-refractivity contribution is 5.91. The number of aldehydes is 1. The number of aromatic nitrogens is 1. The Labute approximate surface area is 278 Å². The average molecular weight is 656 g/mol. The van der Waals surface area contributed by atoms with Crippen LogP contribution in [0.5, 0.6) is 5.75 Å². The molecule has 0 saturated carbocycles. The number of aromatic hydroxyl groups is 1. The lowest BCUT2D eigenvalue weighted by Gasteiger charge is -2.39. The molecular formula is C35H41N7O6. The summed E-state index contributed by atoms with van der Waals surface area (Å²) >= 11 is 0. The zero-order valence-electron chi connectivity index (χ0n) is 27.0. The van der Waals surface area contributed by atoms with E-state index in [0.717, 1.165) is 46.0 Å². The van der Waals surface area contributed by atoms with Crippen molar-refractivity contribution in [3.8, 4) is 5.75 Å². The van der Waals surface area contributed by atoms with Crippen LogP contribution in [0.15, 0.2) is 59.5 Å². The molecule has 0 bridgehead atoms. The molecule has 1 aromatic heterocycles. The van der Waals surface area contributed by atoms with Gasteiger partial charge in [-0.25, -0.2) is 4.98 Å². The number of esters is 1. The number of nitrogens with zero attached hydrogens (tertiary/aromatic N) is 5. The average Bonchev–Trinajstić information content (AvgIpc) is 3.40. The highest BCUT2D eigenvalue weighted by Gasteiger charge is 2.32. The van der Waals surface area contributed by atoms with Gasteiger partial charge in [-0.2, -0.15) is 0 Å². The van der Waals surface area contributed by atoms with Crippen molar-refractivity contribution in [2.45, 2.75) is 32.4 Å². The van der Waals surface area contributed by atoms with Crippen molar-refractivity contribution < 1.29 is 29.3 Å². The van der Waals surface area contributed by atoms with Gasteiger partial charge in [0.2, 0.25) is 5.91 Å². The van der Waals surface area contributed by atoms with Crippen molar-refractivity contribution in [3.05, 3.63) is 76.4 Å². The first-order valence-electron chi connectivity index (χ1n) is 16.2. The lowest BCUT2D eigenvalue weighted by atomic mass is 9.94. The first-order chi connectivity index (χ1) is 23.1. The van der Waals surface area contributed by atoms with E-state index in [2.05, 4.69) is 11.0 Å². The predicted molar refractivity (Wildman–Crippen MR) is 179 cm³/mol. The Kier molecular flexibility index (Phi) is 9.49. The SMILES string of the molecule is CN1Cc2cc3c(CN4CCN(C(=O)C5CCN(C(=N)/C=C\C(N)=C/O)CC5)CC4)c(O)ccc3nc2/C1=C/C1=C(C=O)COC(=O)C1. The number of carbonyl (C=O) groups excluding carboxylic acids is 3. The fourth-order valence-corrected chi connectivity index (χ4v) is 6.83. The number of allylic oxidation sites excluding steroid dienone is 2. The molecule has 2 saturated heterocycles. The summed E-state index contributed by atoms with van der Waals surface area (Å²) in [6.45, 7) is 4.88. The van der Waals surface area contributed by atoms with Crippen LogP contribution in [0.2, 0.25) is 0 Å². The van der Waals surface area contributed by atoms with E-state index in [1.807, 2.05) is 27.8 Å². The maximum absolute atomic E-state index is 13.4. The molecule has 0 unspecified atom stereocenters. The number of pyridine rings is 1. The quantitative estimate of drug-likeness (QED) is 0.0861. The van der Waals surface area contributed by atoms with Gasteiger partial charge in [0.1, 0.15) is 30.7 Å². The monoisotopic (exact) mass is 655 g/mol. The van der Waals surface area contributed by atoms with Crippen LogP contribution in [0.25, 0.3) is 16.6 Å². The van der Waals surface area contributed by atoms with Crippen molar-refractivity contribution >= 4 is 40.6 Å². The van der Waals surface area contributed by atoms with Crippen molar-refractivity contribution in [3.63, 3.8) is 0 Å². The van der Waals surface area contributed by atoms with Gasteiger partial charge in [0, 0.05) is 81.8 Å². The second-order valence-corrected chi connectivity index (χ2v) is 12.7. The number of cyclic esters (lactones) is 1. The molecule has 48 heavy (non-hydrogen) atoms. The zero-order chi connectivity index (χ0) is 33.9. The van der Waals surface area contributed by atoms with Gasteiger partial charge in [0.05, 0.1) is 29.0 Å². The number of hydrogen-bond acceptors (Lipinski definition) is 11. The summed E-state index contributed by atoms with van der Waals surface area (Å²) in [6, 6.07) is 5.55. The summed E-state index contributed by atoms with van der Waals surface area (Å²) in [7, 11) is 1.95. The number of carbonyl (C=O) groups is 3. The number of aliphatic hydroxyl groups is 1. The summed E-state index contributed by atoms with van der Waals surface area (Å²) in [5.74, 6) is 0.225. The number of amidine groups is 1. The first-order valence-corrected chi connectivity index (χ1v) is 16.2. The van der Waals surface area contributed by atoms with Crippen molar-refractivity contribution in [1.82, 2.24) is 24.6 Å². The molecule has 13 heteroatoms. The minimum atomic E-state index is -0.364. The third-order valence-corrected chi connectivity index (χ3v) is 9.65. The number of benzene rings is 1. The highest BCUT2D eigenvalue weighted by atomic mass is 16.5. The smallest absolute Gasteiger partial charge is 0.310 e. The van der Waals surface area contributed by atoms with E-state index in [9.17, 15) is 19.5 Å². The highest BCUT2D eigenvalue weighted by Crippen LogP contribution is 2.37. The predicted octanol–water partition coefficient (Wildman–Crippen LogP) is 2.42. The van der Waals surface area contributed by atoms with Crippen LogP contribution in [0.3, 0.4) is 0 Å². The molecular weight excluding hydrogens is 614 g/mol. The second kappa shape index (κ2) is 13.9. The number of likely N-dealkylation sites (tertiary alicyclic amines) is 1. The summed E-state index contributed by atoms with van der Waals surface area (Å²) in [6.07, 6.45) is 7.81. The molecule has 2 fully saturated rings. The number of piperidine rings is 1.